The Labute approximate surface area is 63.2 Å². The molecule has 54 valence electrons. The number of hydrogen-bond donors (Lipinski definition) is 0. The molecule has 0 aromatic carbocycles. The lowest BCUT2D eigenvalue weighted by Gasteiger charge is -1.96. The van der Waals surface area contributed by atoms with E-state index in [-0.39, 0.29) is 19.0 Å². The normalized spacial score (nSPS) is 15.0. The Hall–Kier alpha value is -0.210. The van der Waals surface area contributed by atoms with Crippen LogP contribution in [0.25, 0.3) is 0 Å². The zero-order valence-corrected chi connectivity index (χ0v) is 6.65. The molecule has 2 heteroatoms. The van der Waals surface area contributed by atoms with Crippen LogP contribution in [-0.4, -0.2) is 5.48 Å². The smallest absolute Gasteiger partial charge is 0.0310 e. The molecule has 0 saturated carbocycles. The third-order valence-electron chi connectivity index (χ3n) is 1.18. The van der Waals surface area contributed by atoms with Crippen molar-refractivity contribution in [3.63, 3.8) is 0 Å². The predicted octanol–water partition coefficient (Wildman–Crippen LogP) is 1.57. The van der Waals surface area contributed by atoms with Gasteiger partial charge in [-0.05, 0) is 19.8 Å². The maximum atomic E-state index is 2.26. The molecule has 0 saturated heterocycles. The van der Waals surface area contributed by atoms with Crippen molar-refractivity contribution in [1.82, 2.24) is 0 Å². The zero-order valence-electron chi connectivity index (χ0n) is 5.65. The van der Waals surface area contributed by atoms with E-state index in [1.54, 1.807) is 0 Å². The Morgan fingerprint density at radius 3 is 2.22 bits per heavy atom. The second kappa shape index (κ2) is 5.92. The topological polar surface area (TPSA) is 31.5 Å². The van der Waals surface area contributed by atoms with Crippen LogP contribution >= 0.6 is 13.5 Å². The van der Waals surface area contributed by atoms with Crippen LogP contribution < -0.4 is 0 Å². The van der Waals surface area contributed by atoms with Gasteiger partial charge in [0.05, 0.1) is 0 Å². The van der Waals surface area contributed by atoms with E-state index in [9.17, 15) is 0 Å². The van der Waals surface area contributed by atoms with Gasteiger partial charge < -0.3 is 5.48 Å². The highest BCUT2D eigenvalue weighted by molar-refractivity contribution is 7.59. The van der Waals surface area contributed by atoms with Gasteiger partial charge in [0, 0.05) is 0 Å². The Kier molecular flexibility index (Phi) is 7.61. The molecular formula is C7H14OS. The molecule has 1 aliphatic carbocycles. The molecule has 0 aliphatic heterocycles. The molecule has 1 aliphatic rings. The van der Waals surface area contributed by atoms with E-state index in [2.05, 4.69) is 25.2 Å². The summed E-state index contributed by atoms with van der Waals surface area (Å²) >= 11 is 0. The lowest BCUT2D eigenvalue weighted by Crippen LogP contribution is -1.76. The fourth-order valence-corrected chi connectivity index (χ4v) is 0.744. The number of hydrogen-bond acceptors (Lipinski definition) is 0. The van der Waals surface area contributed by atoms with Crippen LogP contribution in [0.5, 0.6) is 0 Å². The van der Waals surface area contributed by atoms with Crippen LogP contribution in [0.1, 0.15) is 19.8 Å². The molecule has 0 aromatic heterocycles. The molecule has 0 atom stereocenters. The molecule has 0 fully saturated rings. The summed E-state index contributed by atoms with van der Waals surface area (Å²) in [5, 5.41) is 0. The van der Waals surface area contributed by atoms with Gasteiger partial charge in [0.15, 0.2) is 0 Å². The highest BCUT2D eigenvalue weighted by Gasteiger charge is 1.86. The predicted molar refractivity (Wildman–Crippen MR) is 46.1 cm³/mol. The molecule has 2 N–H and O–H groups in total. The molecule has 0 amide bonds. The Bertz CT molecular complexity index is 116. The molecule has 0 bridgehead atoms. The first kappa shape index (κ1) is 11.6. The average molecular weight is 146 g/mol. The second-order valence-corrected chi connectivity index (χ2v) is 1.93. The lowest BCUT2D eigenvalue weighted by molar-refractivity contribution is 0.824. The minimum atomic E-state index is 0. The van der Waals surface area contributed by atoms with Gasteiger partial charge >= 0.3 is 0 Å². The van der Waals surface area contributed by atoms with Crippen molar-refractivity contribution in [3.8, 4) is 0 Å². The molecule has 9 heavy (non-hydrogen) atoms. The molecule has 0 radical (unpaired) electrons. The summed E-state index contributed by atoms with van der Waals surface area (Å²) in [5.74, 6) is 0. The van der Waals surface area contributed by atoms with Gasteiger partial charge in [-0.1, -0.05) is 23.8 Å². The standard InChI is InChI=1S/C7H10.H2O.H2S/c1-7-5-3-2-4-6-7;;/h3,5-6H,2,4H2,1H3;2*1H2. The van der Waals surface area contributed by atoms with Crippen molar-refractivity contribution in [3.05, 3.63) is 23.8 Å². The van der Waals surface area contributed by atoms with Crippen LogP contribution in [-0.2, 0) is 0 Å². The first-order chi connectivity index (χ1) is 3.39. The van der Waals surface area contributed by atoms with Gasteiger partial charge in [-0.2, -0.15) is 13.5 Å². The summed E-state index contributed by atoms with van der Waals surface area (Å²) in [5.41, 5.74) is 1.41. The van der Waals surface area contributed by atoms with E-state index >= 15 is 0 Å². The number of allylic oxidation sites excluding steroid dienone is 4. The quantitative estimate of drug-likeness (QED) is 0.497. The van der Waals surface area contributed by atoms with E-state index in [1.807, 2.05) is 0 Å². The Morgan fingerprint density at radius 2 is 2.00 bits per heavy atom. The van der Waals surface area contributed by atoms with Gasteiger partial charge in [-0.15, -0.1) is 0 Å². The summed E-state index contributed by atoms with van der Waals surface area (Å²) in [7, 11) is 0. The fourth-order valence-electron chi connectivity index (χ4n) is 0.744. The summed E-state index contributed by atoms with van der Waals surface area (Å²) in [6, 6.07) is 0. The van der Waals surface area contributed by atoms with E-state index < -0.39 is 0 Å². The van der Waals surface area contributed by atoms with Crippen molar-refractivity contribution in [2.45, 2.75) is 19.8 Å². The van der Waals surface area contributed by atoms with Gasteiger partial charge in [0.25, 0.3) is 0 Å². The van der Waals surface area contributed by atoms with Crippen molar-refractivity contribution in [2.24, 2.45) is 0 Å². The first-order valence-corrected chi connectivity index (χ1v) is 2.73. The fraction of sp³-hybridized carbons (Fsp3) is 0.429. The second-order valence-electron chi connectivity index (χ2n) is 1.93. The van der Waals surface area contributed by atoms with Crippen LogP contribution in [0.15, 0.2) is 23.8 Å². The Balaban J connectivity index is 0. The SMILES string of the molecule is CC1=CCCC=C1.O.S. The molecule has 0 aromatic rings. The van der Waals surface area contributed by atoms with Crippen molar-refractivity contribution in [2.75, 3.05) is 0 Å². The van der Waals surface area contributed by atoms with Gasteiger partial charge in [-0.25, -0.2) is 0 Å². The van der Waals surface area contributed by atoms with Gasteiger partial charge in [0.2, 0.25) is 0 Å². The van der Waals surface area contributed by atoms with Gasteiger partial charge in [-0.3, -0.25) is 0 Å². The van der Waals surface area contributed by atoms with Crippen molar-refractivity contribution in [1.29, 1.82) is 0 Å². The zero-order chi connectivity index (χ0) is 5.11. The molecule has 0 heterocycles. The van der Waals surface area contributed by atoms with Crippen molar-refractivity contribution < 1.29 is 5.48 Å². The summed E-state index contributed by atoms with van der Waals surface area (Å²) in [4.78, 5) is 0. The van der Waals surface area contributed by atoms with Gasteiger partial charge in [0.1, 0.15) is 0 Å². The van der Waals surface area contributed by atoms with Crippen molar-refractivity contribution >= 4 is 13.5 Å². The number of rotatable bonds is 0. The highest BCUT2D eigenvalue weighted by atomic mass is 32.1. The largest absolute Gasteiger partial charge is 0.412 e. The monoisotopic (exact) mass is 146 g/mol. The molecular weight excluding hydrogens is 132 g/mol. The molecule has 1 rings (SSSR count). The highest BCUT2D eigenvalue weighted by Crippen LogP contribution is 2.06. The summed E-state index contributed by atoms with van der Waals surface area (Å²) in [6.07, 6.45) is 9.12. The third-order valence-corrected chi connectivity index (χ3v) is 1.18. The summed E-state index contributed by atoms with van der Waals surface area (Å²) in [6.45, 7) is 2.13. The lowest BCUT2D eigenvalue weighted by atomic mass is 10.1. The summed E-state index contributed by atoms with van der Waals surface area (Å²) < 4.78 is 0. The van der Waals surface area contributed by atoms with Crippen LogP contribution in [0.4, 0.5) is 0 Å². The maximum absolute atomic E-state index is 2.26. The Morgan fingerprint density at radius 1 is 1.33 bits per heavy atom. The van der Waals surface area contributed by atoms with E-state index in [0.717, 1.165) is 0 Å². The van der Waals surface area contributed by atoms with Crippen LogP contribution in [0.2, 0.25) is 0 Å². The van der Waals surface area contributed by atoms with E-state index in [0.29, 0.717) is 0 Å². The minimum absolute atomic E-state index is 0. The average Bonchev–Trinajstić information content (AvgIpc) is 1.69. The maximum Gasteiger partial charge on any atom is -0.0310 e. The molecule has 1 nitrogen and oxygen atoms in total. The van der Waals surface area contributed by atoms with E-state index in [1.165, 1.54) is 18.4 Å². The third kappa shape index (κ3) is 4.30. The first-order valence-electron chi connectivity index (χ1n) is 2.73. The van der Waals surface area contributed by atoms with Crippen LogP contribution in [0, 0.1) is 0 Å². The van der Waals surface area contributed by atoms with Crippen LogP contribution in [0.3, 0.4) is 0 Å². The molecule has 0 spiro atoms. The minimum Gasteiger partial charge on any atom is -0.412 e. The van der Waals surface area contributed by atoms with E-state index in [4.69, 9.17) is 0 Å². The molecule has 0 unspecified atom stereocenters.